The van der Waals surface area contributed by atoms with Gasteiger partial charge in [0.15, 0.2) is 5.69 Å². The predicted molar refractivity (Wildman–Crippen MR) is 108 cm³/mol. The Hall–Kier alpha value is -3.74. The molecule has 2 heterocycles. The number of benzene rings is 2. The van der Waals surface area contributed by atoms with Crippen molar-refractivity contribution in [3.8, 4) is 0 Å². The first-order valence-electron chi connectivity index (χ1n) is 9.00. The van der Waals surface area contributed by atoms with Crippen molar-refractivity contribution in [1.29, 1.82) is 0 Å². The van der Waals surface area contributed by atoms with E-state index in [1.54, 1.807) is 19.2 Å². The average Bonchev–Trinajstić information content (AvgIpc) is 3.16. The lowest BCUT2D eigenvalue weighted by molar-refractivity contribution is 0.0957. The number of imidazole rings is 1. The zero-order valence-corrected chi connectivity index (χ0v) is 15.5. The number of aromatic nitrogens is 4. The maximum Gasteiger partial charge on any atom is 0.271 e. The minimum absolute atomic E-state index is 0.250. The molecule has 0 unspecified atom stereocenters. The number of hydrogen-bond donors (Lipinski definition) is 2. The summed E-state index contributed by atoms with van der Waals surface area (Å²) in [5.41, 5.74) is 4.78. The first kappa shape index (κ1) is 17.7. The van der Waals surface area contributed by atoms with Crippen molar-refractivity contribution in [2.45, 2.75) is 13.1 Å². The van der Waals surface area contributed by atoms with E-state index in [1.807, 2.05) is 24.5 Å². The molecule has 0 aliphatic heterocycles. The van der Waals surface area contributed by atoms with E-state index in [0.29, 0.717) is 18.1 Å². The summed E-state index contributed by atoms with van der Waals surface area (Å²) in [5, 5.41) is 13.7. The Labute approximate surface area is 162 Å². The largest absolute Gasteiger partial charge is 0.365 e. The molecule has 1 amide bonds. The van der Waals surface area contributed by atoms with Gasteiger partial charge in [0.1, 0.15) is 5.82 Å². The van der Waals surface area contributed by atoms with E-state index >= 15 is 0 Å². The van der Waals surface area contributed by atoms with Crippen LogP contribution in [-0.4, -0.2) is 32.7 Å². The van der Waals surface area contributed by atoms with Crippen LogP contribution in [0.15, 0.2) is 67.0 Å². The van der Waals surface area contributed by atoms with Crippen LogP contribution < -0.4 is 10.6 Å². The van der Waals surface area contributed by atoms with Crippen LogP contribution in [0.4, 0.5) is 5.82 Å². The highest BCUT2D eigenvalue weighted by atomic mass is 16.1. The second-order valence-electron chi connectivity index (χ2n) is 6.41. The summed E-state index contributed by atoms with van der Waals surface area (Å²) < 4.78 is 2.15. The molecule has 0 aliphatic carbocycles. The number of hydrogen-bond acceptors (Lipinski definition) is 5. The maximum absolute atomic E-state index is 11.5. The lowest BCUT2D eigenvalue weighted by atomic mass is 10.1. The molecule has 0 fully saturated rings. The standard InChI is InChI=1S/C21H20N6O/c1-22-21(28)18-10-11-20(26-25-18)23-12-15-6-8-16(9-7-15)13-27-14-24-17-4-2-3-5-19(17)27/h2-11,14H,12-13H2,1H3,(H,22,28)(H,23,26). The van der Waals surface area contributed by atoms with Crippen LogP contribution >= 0.6 is 0 Å². The highest BCUT2D eigenvalue weighted by Crippen LogP contribution is 2.15. The van der Waals surface area contributed by atoms with E-state index in [4.69, 9.17) is 0 Å². The lowest BCUT2D eigenvalue weighted by Gasteiger charge is -2.08. The molecule has 0 bridgehead atoms. The summed E-state index contributed by atoms with van der Waals surface area (Å²) in [7, 11) is 1.56. The second kappa shape index (κ2) is 7.87. The van der Waals surface area contributed by atoms with Crippen LogP contribution in [0.3, 0.4) is 0 Å². The van der Waals surface area contributed by atoms with E-state index < -0.39 is 0 Å². The number of carbonyl (C=O) groups excluding carboxylic acids is 1. The summed E-state index contributed by atoms with van der Waals surface area (Å²) in [6.45, 7) is 1.41. The Morgan fingerprint density at radius 1 is 0.964 bits per heavy atom. The Morgan fingerprint density at radius 2 is 1.75 bits per heavy atom. The van der Waals surface area contributed by atoms with Gasteiger partial charge in [0.2, 0.25) is 0 Å². The fourth-order valence-electron chi connectivity index (χ4n) is 2.96. The van der Waals surface area contributed by atoms with Crippen molar-refractivity contribution in [1.82, 2.24) is 25.1 Å². The summed E-state index contributed by atoms with van der Waals surface area (Å²) in [4.78, 5) is 15.9. The van der Waals surface area contributed by atoms with Gasteiger partial charge < -0.3 is 15.2 Å². The van der Waals surface area contributed by atoms with E-state index in [9.17, 15) is 4.79 Å². The molecule has 4 rings (SSSR count). The molecule has 4 aromatic rings. The van der Waals surface area contributed by atoms with Gasteiger partial charge in [-0.2, -0.15) is 0 Å². The summed E-state index contributed by atoms with van der Waals surface area (Å²) in [6.07, 6.45) is 1.88. The smallest absolute Gasteiger partial charge is 0.271 e. The van der Waals surface area contributed by atoms with Gasteiger partial charge in [-0.3, -0.25) is 4.79 Å². The van der Waals surface area contributed by atoms with Gasteiger partial charge in [0, 0.05) is 20.1 Å². The van der Waals surface area contributed by atoms with Gasteiger partial charge >= 0.3 is 0 Å². The van der Waals surface area contributed by atoms with Gasteiger partial charge in [0.05, 0.1) is 17.4 Å². The SMILES string of the molecule is CNC(=O)c1ccc(NCc2ccc(Cn3cnc4ccccc43)cc2)nn1. The number of rotatable bonds is 6. The normalized spacial score (nSPS) is 10.8. The third-order valence-electron chi connectivity index (χ3n) is 4.50. The third-order valence-corrected chi connectivity index (χ3v) is 4.50. The van der Waals surface area contributed by atoms with Crippen LogP contribution in [-0.2, 0) is 13.1 Å². The van der Waals surface area contributed by atoms with Crippen molar-refractivity contribution in [3.05, 3.63) is 83.8 Å². The molecule has 7 heteroatoms. The lowest BCUT2D eigenvalue weighted by Crippen LogP contribution is -2.19. The maximum atomic E-state index is 11.5. The van der Waals surface area contributed by atoms with E-state index in [2.05, 4.69) is 60.7 Å². The zero-order valence-electron chi connectivity index (χ0n) is 15.5. The summed E-state index contributed by atoms with van der Waals surface area (Å²) in [5.74, 6) is 0.377. The topological polar surface area (TPSA) is 84.7 Å². The fraction of sp³-hybridized carbons (Fsp3) is 0.143. The Morgan fingerprint density at radius 3 is 2.50 bits per heavy atom. The highest BCUT2D eigenvalue weighted by molar-refractivity contribution is 5.91. The fourth-order valence-corrected chi connectivity index (χ4v) is 2.96. The average molecular weight is 372 g/mol. The van der Waals surface area contributed by atoms with E-state index in [1.165, 1.54) is 5.56 Å². The number of anilines is 1. The predicted octanol–water partition coefficient (Wildman–Crippen LogP) is 2.85. The number of amides is 1. The van der Waals surface area contributed by atoms with E-state index in [0.717, 1.165) is 23.1 Å². The summed E-state index contributed by atoms with van der Waals surface area (Å²) >= 11 is 0. The van der Waals surface area contributed by atoms with Crippen LogP contribution in [0.25, 0.3) is 11.0 Å². The molecule has 0 radical (unpaired) electrons. The minimum Gasteiger partial charge on any atom is -0.365 e. The van der Waals surface area contributed by atoms with Gasteiger partial charge in [-0.15, -0.1) is 10.2 Å². The third kappa shape index (κ3) is 3.83. The number of nitrogens with one attached hydrogen (secondary N) is 2. The molecule has 0 spiro atoms. The molecule has 2 N–H and O–H groups in total. The molecule has 140 valence electrons. The molecule has 0 saturated heterocycles. The van der Waals surface area contributed by atoms with Crippen molar-refractivity contribution in [2.75, 3.05) is 12.4 Å². The second-order valence-corrected chi connectivity index (χ2v) is 6.41. The van der Waals surface area contributed by atoms with Crippen LogP contribution in [0, 0.1) is 0 Å². The Balaban J connectivity index is 1.37. The molecule has 2 aromatic carbocycles. The van der Waals surface area contributed by atoms with E-state index in [-0.39, 0.29) is 5.91 Å². The number of fused-ring (bicyclic) bond motifs is 1. The molecular weight excluding hydrogens is 352 g/mol. The van der Waals surface area contributed by atoms with Crippen LogP contribution in [0.2, 0.25) is 0 Å². The summed E-state index contributed by atoms with van der Waals surface area (Å²) in [6, 6.07) is 19.9. The minimum atomic E-state index is -0.250. The van der Waals surface area contributed by atoms with Crippen LogP contribution in [0.5, 0.6) is 0 Å². The zero-order chi connectivity index (χ0) is 19.3. The number of para-hydroxylation sites is 2. The van der Waals surface area contributed by atoms with Gasteiger partial charge in [-0.25, -0.2) is 4.98 Å². The first-order valence-corrected chi connectivity index (χ1v) is 9.00. The molecular formula is C21H20N6O. The molecule has 2 aromatic heterocycles. The van der Waals surface area contributed by atoms with Crippen molar-refractivity contribution in [3.63, 3.8) is 0 Å². The van der Waals surface area contributed by atoms with Crippen LogP contribution in [0.1, 0.15) is 21.6 Å². The molecule has 7 nitrogen and oxygen atoms in total. The molecule has 28 heavy (non-hydrogen) atoms. The van der Waals surface area contributed by atoms with Crippen molar-refractivity contribution >= 4 is 22.8 Å². The number of carbonyl (C=O) groups is 1. The van der Waals surface area contributed by atoms with Crippen molar-refractivity contribution < 1.29 is 4.79 Å². The molecule has 0 saturated carbocycles. The Bertz CT molecular complexity index is 1090. The molecule has 0 aliphatic rings. The Kier molecular flexibility index (Phi) is 4.97. The quantitative estimate of drug-likeness (QED) is 0.544. The highest BCUT2D eigenvalue weighted by Gasteiger charge is 2.06. The van der Waals surface area contributed by atoms with Gasteiger partial charge in [0.25, 0.3) is 5.91 Å². The van der Waals surface area contributed by atoms with Gasteiger partial charge in [-0.05, 0) is 35.4 Å². The number of nitrogens with zero attached hydrogens (tertiary/aromatic N) is 4. The van der Waals surface area contributed by atoms with Crippen molar-refractivity contribution in [2.24, 2.45) is 0 Å². The monoisotopic (exact) mass is 372 g/mol. The first-order chi connectivity index (χ1) is 13.7. The molecule has 0 atom stereocenters. The van der Waals surface area contributed by atoms with Gasteiger partial charge in [-0.1, -0.05) is 36.4 Å².